The lowest BCUT2D eigenvalue weighted by Gasteiger charge is -2.32. The van der Waals surface area contributed by atoms with Crippen LogP contribution in [0.4, 0.5) is 14.6 Å². The van der Waals surface area contributed by atoms with E-state index < -0.39 is 23.2 Å². The Bertz CT molecular complexity index is 2170. The highest BCUT2D eigenvalue weighted by Gasteiger charge is 2.49. The van der Waals surface area contributed by atoms with Crippen LogP contribution in [0, 0.1) is 12.7 Å². The standard InChI is InChI=1S/C34H31F2N5O5/c1-19-29-28(32(44)46-30(19)24-14-23(42)13-20-5-2-7-25(36)27(20)24)31(39-11-12-41-22(17-39)6-3-8-26(41)43)38-33(37-29)45-18-34-9-4-10-40(34)16-21(35)15-34/h2-3,5-8,13-14,21,42H,4,9-12,15-18H2,1H3/t21-,34+/m1/s1. The summed E-state index contributed by atoms with van der Waals surface area (Å²) in [5, 5.41) is 11.3. The second-order valence-electron chi connectivity index (χ2n) is 12.5. The molecule has 10 nitrogen and oxygen atoms in total. The molecule has 0 aliphatic carbocycles. The van der Waals surface area contributed by atoms with E-state index in [0.29, 0.717) is 43.5 Å². The third-order valence-electron chi connectivity index (χ3n) is 9.74. The fraction of sp³-hybridized carbons (Fsp3) is 0.353. The maximum atomic E-state index is 15.2. The highest BCUT2D eigenvalue weighted by molar-refractivity contribution is 6.00. The van der Waals surface area contributed by atoms with Gasteiger partial charge >= 0.3 is 11.6 Å². The van der Waals surface area contributed by atoms with Crippen LogP contribution < -0.4 is 20.8 Å². The zero-order chi connectivity index (χ0) is 31.7. The van der Waals surface area contributed by atoms with Gasteiger partial charge in [0.1, 0.15) is 35.5 Å². The third-order valence-corrected chi connectivity index (χ3v) is 9.74. The quantitative estimate of drug-likeness (QED) is 0.296. The number of ether oxygens (including phenoxy) is 1. The molecule has 1 N–H and O–H groups in total. The molecule has 0 amide bonds. The second kappa shape index (κ2) is 10.6. The molecule has 8 rings (SSSR count). The molecule has 5 aromatic rings. The van der Waals surface area contributed by atoms with Gasteiger partial charge in [-0.15, -0.1) is 0 Å². The molecule has 2 aromatic carbocycles. The van der Waals surface area contributed by atoms with Crippen molar-refractivity contribution in [1.82, 2.24) is 19.4 Å². The van der Waals surface area contributed by atoms with Gasteiger partial charge in [-0.25, -0.2) is 13.6 Å². The number of pyridine rings is 1. The summed E-state index contributed by atoms with van der Waals surface area (Å²) in [5.74, 6) is -0.305. The number of benzene rings is 2. The van der Waals surface area contributed by atoms with E-state index in [1.54, 1.807) is 29.7 Å². The van der Waals surface area contributed by atoms with Gasteiger partial charge in [0.15, 0.2) is 5.82 Å². The number of anilines is 1. The Morgan fingerprint density at radius 2 is 1.93 bits per heavy atom. The number of rotatable bonds is 5. The van der Waals surface area contributed by atoms with Crippen molar-refractivity contribution in [2.24, 2.45) is 0 Å². The Morgan fingerprint density at radius 1 is 1.09 bits per heavy atom. The fourth-order valence-corrected chi connectivity index (χ4v) is 7.59. The van der Waals surface area contributed by atoms with Crippen LogP contribution in [-0.4, -0.2) is 62.5 Å². The smallest absolute Gasteiger partial charge is 0.349 e. The van der Waals surface area contributed by atoms with E-state index in [2.05, 4.69) is 4.90 Å². The maximum absolute atomic E-state index is 15.2. The average molecular weight is 628 g/mol. The largest absolute Gasteiger partial charge is 0.508 e. The van der Waals surface area contributed by atoms with Crippen molar-refractivity contribution in [2.75, 3.05) is 31.1 Å². The lowest BCUT2D eigenvalue weighted by atomic mass is 9.95. The van der Waals surface area contributed by atoms with Gasteiger partial charge < -0.3 is 23.7 Å². The summed E-state index contributed by atoms with van der Waals surface area (Å²) in [6, 6.07) is 12.4. The van der Waals surface area contributed by atoms with Crippen molar-refractivity contribution in [3.8, 4) is 23.1 Å². The molecule has 6 heterocycles. The van der Waals surface area contributed by atoms with Gasteiger partial charge in [0, 0.05) is 54.3 Å². The van der Waals surface area contributed by atoms with Crippen LogP contribution in [0.25, 0.3) is 33.0 Å². The highest BCUT2D eigenvalue weighted by atomic mass is 19.1. The van der Waals surface area contributed by atoms with Crippen LogP contribution in [0.3, 0.4) is 0 Å². The summed E-state index contributed by atoms with van der Waals surface area (Å²) in [6.07, 6.45) is 1.19. The van der Waals surface area contributed by atoms with E-state index in [1.165, 1.54) is 24.3 Å². The van der Waals surface area contributed by atoms with Crippen LogP contribution in [0.2, 0.25) is 0 Å². The molecule has 2 saturated heterocycles. The molecular formula is C34H31F2N5O5. The third kappa shape index (κ3) is 4.53. The summed E-state index contributed by atoms with van der Waals surface area (Å²) < 4.78 is 43.6. The summed E-state index contributed by atoms with van der Waals surface area (Å²) in [5.41, 5.74) is 0.353. The Kier molecular flexibility index (Phi) is 6.61. The Hall–Kier alpha value is -4.84. The predicted octanol–water partition coefficient (Wildman–Crippen LogP) is 4.69. The predicted molar refractivity (Wildman–Crippen MR) is 168 cm³/mol. The molecule has 3 aromatic heterocycles. The first-order chi connectivity index (χ1) is 22.2. The topological polar surface area (TPSA) is 114 Å². The van der Waals surface area contributed by atoms with Crippen LogP contribution in [0.1, 0.15) is 30.5 Å². The molecule has 12 heteroatoms. The van der Waals surface area contributed by atoms with Gasteiger partial charge in [0.25, 0.3) is 5.56 Å². The van der Waals surface area contributed by atoms with Gasteiger partial charge in [-0.05, 0) is 56.0 Å². The molecule has 0 bridgehead atoms. The lowest BCUT2D eigenvalue weighted by molar-refractivity contribution is 0.107. The van der Waals surface area contributed by atoms with Gasteiger partial charge in [-0.2, -0.15) is 9.97 Å². The molecule has 0 radical (unpaired) electrons. The molecule has 46 heavy (non-hydrogen) atoms. The van der Waals surface area contributed by atoms with E-state index in [-0.39, 0.29) is 57.4 Å². The second-order valence-corrected chi connectivity index (χ2v) is 12.5. The van der Waals surface area contributed by atoms with Gasteiger partial charge in [0.05, 0.1) is 17.6 Å². The van der Waals surface area contributed by atoms with Crippen molar-refractivity contribution in [1.29, 1.82) is 0 Å². The normalized spacial score (nSPS) is 21.2. The van der Waals surface area contributed by atoms with Crippen molar-refractivity contribution in [3.05, 3.63) is 86.4 Å². The maximum Gasteiger partial charge on any atom is 0.349 e. The number of aromatic nitrogens is 3. The number of hydrogen-bond acceptors (Lipinski definition) is 9. The van der Waals surface area contributed by atoms with Crippen LogP contribution in [0.5, 0.6) is 11.8 Å². The lowest BCUT2D eigenvalue weighted by Crippen LogP contribution is -2.43. The van der Waals surface area contributed by atoms with E-state index in [1.807, 2.05) is 11.0 Å². The van der Waals surface area contributed by atoms with Crippen molar-refractivity contribution in [2.45, 2.75) is 51.0 Å². The number of hydrogen-bond donors (Lipinski definition) is 1. The summed E-state index contributed by atoms with van der Waals surface area (Å²) >= 11 is 0. The van der Waals surface area contributed by atoms with Crippen molar-refractivity contribution in [3.63, 3.8) is 0 Å². The molecule has 3 aliphatic rings. The van der Waals surface area contributed by atoms with Crippen molar-refractivity contribution < 1.29 is 23.0 Å². The molecular weight excluding hydrogens is 596 g/mol. The number of phenols is 1. The van der Waals surface area contributed by atoms with Gasteiger partial charge in [-0.3, -0.25) is 9.69 Å². The molecule has 0 unspecified atom stereocenters. The minimum absolute atomic E-state index is 0.0219. The van der Waals surface area contributed by atoms with Gasteiger partial charge in [-0.1, -0.05) is 18.2 Å². The number of alkyl halides is 1. The first-order valence-electron chi connectivity index (χ1n) is 15.4. The molecule has 0 spiro atoms. The number of aryl methyl sites for hydroxylation is 1. The number of halogens is 2. The Morgan fingerprint density at radius 3 is 2.80 bits per heavy atom. The first-order valence-corrected chi connectivity index (χ1v) is 15.4. The summed E-state index contributed by atoms with van der Waals surface area (Å²) in [6.45, 7) is 4.13. The summed E-state index contributed by atoms with van der Waals surface area (Å²) in [7, 11) is 0. The fourth-order valence-electron chi connectivity index (χ4n) is 7.59. The number of phenolic OH excluding ortho intramolecular Hbond substituents is 1. The Balaban J connectivity index is 1.30. The van der Waals surface area contributed by atoms with Gasteiger partial charge in [0.2, 0.25) is 0 Å². The minimum Gasteiger partial charge on any atom is -0.508 e. The van der Waals surface area contributed by atoms with E-state index in [4.69, 9.17) is 19.1 Å². The van der Waals surface area contributed by atoms with Crippen LogP contribution in [-0.2, 0) is 13.1 Å². The monoisotopic (exact) mass is 627 g/mol. The zero-order valence-electron chi connectivity index (χ0n) is 25.1. The average Bonchev–Trinajstić information content (AvgIpc) is 3.56. The first kappa shape index (κ1) is 28.6. The van der Waals surface area contributed by atoms with Crippen LogP contribution in [0.15, 0.2) is 62.5 Å². The SMILES string of the molecule is Cc1c(-c2cc(O)cc3cccc(F)c23)oc(=O)c2c(N3CCn4c(cccc4=O)C3)nc(OC[C@@]34CCCN3C[C@H](F)C4)nc12. The molecule has 2 atom stereocenters. The highest BCUT2D eigenvalue weighted by Crippen LogP contribution is 2.41. The molecule has 2 fully saturated rings. The minimum atomic E-state index is -0.930. The molecule has 0 saturated carbocycles. The molecule has 3 aliphatic heterocycles. The molecule has 236 valence electrons. The Labute approximate surface area is 261 Å². The van der Waals surface area contributed by atoms with E-state index in [0.717, 1.165) is 25.1 Å². The number of nitrogens with zero attached hydrogens (tertiary/aromatic N) is 5. The van der Waals surface area contributed by atoms with Crippen molar-refractivity contribution >= 4 is 27.5 Å². The summed E-state index contributed by atoms with van der Waals surface area (Å²) in [4.78, 5) is 39.8. The number of aromatic hydroxyl groups is 1. The van der Waals surface area contributed by atoms with Crippen LogP contribution >= 0.6 is 0 Å². The number of fused-ring (bicyclic) bond motifs is 4. The zero-order valence-corrected chi connectivity index (χ0v) is 25.1. The van der Waals surface area contributed by atoms with E-state index in [9.17, 15) is 19.1 Å². The van der Waals surface area contributed by atoms with E-state index >= 15 is 4.39 Å².